The number of carbonyl (C=O) groups excluding carboxylic acids is 2. The molecule has 0 saturated heterocycles. The summed E-state index contributed by atoms with van der Waals surface area (Å²) >= 11 is 0. The lowest BCUT2D eigenvalue weighted by molar-refractivity contribution is -0.870. The summed E-state index contributed by atoms with van der Waals surface area (Å²) in [5.74, 6) is -0.876. The van der Waals surface area contributed by atoms with Crippen LogP contribution in [0.1, 0.15) is 194 Å². The van der Waals surface area contributed by atoms with Gasteiger partial charge in [0.25, 0.3) is 0 Å². The van der Waals surface area contributed by atoms with Gasteiger partial charge in [-0.05, 0) is 135 Å². The second-order valence-electron chi connectivity index (χ2n) is 20.6. The molecule has 10 heteroatoms. The van der Waals surface area contributed by atoms with Crippen LogP contribution in [0.15, 0.2) is 182 Å². The first kappa shape index (κ1) is 75.1. The maximum Gasteiger partial charge on any atom is 0.472 e. The van der Waals surface area contributed by atoms with E-state index in [0.717, 1.165) is 141 Å². The van der Waals surface area contributed by atoms with E-state index >= 15 is 0 Å². The lowest BCUT2D eigenvalue weighted by Crippen LogP contribution is -2.37. The third kappa shape index (κ3) is 62.3. The van der Waals surface area contributed by atoms with Crippen molar-refractivity contribution in [2.75, 3.05) is 47.5 Å². The van der Waals surface area contributed by atoms with Crippen LogP contribution in [0.4, 0.5) is 0 Å². The minimum absolute atomic E-state index is 0.0123. The monoisotopic (exact) mass is 1120 g/mol. The predicted molar refractivity (Wildman–Crippen MR) is 343 cm³/mol. The van der Waals surface area contributed by atoms with Gasteiger partial charge in [-0.3, -0.25) is 18.6 Å². The number of allylic oxidation sites excluding steroid dienone is 30. The normalized spacial score (nSPS) is 14.5. The topological polar surface area (TPSA) is 108 Å². The van der Waals surface area contributed by atoms with Gasteiger partial charge in [-0.1, -0.05) is 228 Å². The summed E-state index contributed by atoms with van der Waals surface area (Å²) in [6.45, 7) is 4.10. The van der Waals surface area contributed by atoms with Crippen molar-refractivity contribution in [3.05, 3.63) is 182 Å². The summed E-state index contributed by atoms with van der Waals surface area (Å²) in [5, 5.41) is 0. The van der Waals surface area contributed by atoms with Crippen LogP contribution in [0, 0.1) is 0 Å². The van der Waals surface area contributed by atoms with Gasteiger partial charge in [0.1, 0.15) is 19.8 Å². The number of quaternary nitrogens is 1. The molecule has 9 nitrogen and oxygen atoms in total. The molecule has 0 amide bonds. The average molecular weight is 1130 g/mol. The third-order valence-corrected chi connectivity index (χ3v) is 12.9. The molecule has 448 valence electrons. The molecule has 0 fully saturated rings. The van der Waals surface area contributed by atoms with Gasteiger partial charge < -0.3 is 18.9 Å². The fraction of sp³-hybridized carbons (Fsp3) is 0.543. The fourth-order valence-corrected chi connectivity index (χ4v) is 8.04. The third-order valence-electron chi connectivity index (χ3n) is 11.9. The van der Waals surface area contributed by atoms with Gasteiger partial charge >= 0.3 is 19.8 Å². The summed E-state index contributed by atoms with van der Waals surface area (Å²) in [6.07, 6.45) is 91.3. The molecule has 0 spiro atoms. The second-order valence-corrected chi connectivity index (χ2v) is 22.1. The minimum atomic E-state index is -4.41. The summed E-state index contributed by atoms with van der Waals surface area (Å²) in [4.78, 5) is 35.6. The molecule has 0 aromatic heterocycles. The smallest absolute Gasteiger partial charge is 0.462 e. The Bertz CT molecular complexity index is 2000. The molecule has 0 saturated carbocycles. The van der Waals surface area contributed by atoms with Crippen molar-refractivity contribution in [1.29, 1.82) is 0 Å². The minimum Gasteiger partial charge on any atom is -0.462 e. The molecule has 2 atom stereocenters. The van der Waals surface area contributed by atoms with E-state index < -0.39 is 32.5 Å². The Morgan fingerprint density at radius 2 is 0.675 bits per heavy atom. The van der Waals surface area contributed by atoms with Crippen molar-refractivity contribution in [2.24, 2.45) is 0 Å². The number of hydrogen-bond donors (Lipinski definition) is 1. The van der Waals surface area contributed by atoms with Crippen LogP contribution >= 0.6 is 7.82 Å². The standard InChI is InChI=1S/C70H110NO8P/c1-6-8-10-12-14-16-18-20-22-23-24-25-26-27-28-29-30-31-32-33-34-35-36-37-38-39-40-41-42-43-44-45-46-47-49-51-53-55-57-59-61-63-70(73)79-68(67-78-80(74,75)77-65-64-71(3,4)5)66-76-69(72)62-60-58-56-54-52-50-48-21-19-17-15-13-11-9-7-2/h8-11,14-17,20-22,24-25,27-28,30-31,33-34,36-37,39-40,42-43,45-46,48,52,54,68H,6-7,12-13,18-19,23,26,29,32,35,38,41,44,47,49-51,53,55-67H2,1-5H3/p+1/b10-8-,11-9-,16-14-,17-15-,22-20-,25-24-,28-27-,31-30-,34-33-,37-36-,40-39-,43-42-,46-45-,48-21-,54-52-. The number of nitrogens with zero attached hydrogens (tertiary/aromatic N) is 1. The number of unbranched alkanes of at least 4 members (excludes halogenated alkanes) is 9. The summed E-state index contributed by atoms with van der Waals surface area (Å²) in [5.41, 5.74) is 0. The molecule has 0 bridgehead atoms. The maximum atomic E-state index is 12.8. The molecule has 0 aliphatic rings. The van der Waals surface area contributed by atoms with Crippen LogP contribution in [-0.2, 0) is 32.7 Å². The van der Waals surface area contributed by atoms with Gasteiger partial charge in [-0.25, -0.2) is 4.57 Å². The number of ether oxygens (including phenoxy) is 2. The van der Waals surface area contributed by atoms with Crippen LogP contribution in [-0.4, -0.2) is 74.9 Å². The highest BCUT2D eigenvalue weighted by Gasteiger charge is 2.27. The Kier molecular flexibility index (Phi) is 55.2. The largest absolute Gasteiger partial charge is 0.472 e. The van der Waals surface area contributed by atoms with E-state index in [1.165, 1.54) is 12.8 Å². The van der Waals surface area contributed by atoms with Gasteiger partial charge in [0.2, 0.25) is 0 Å². The first-order chi connectivity index (χ1) is 39.0. The van der Waals surface area contributed by atoms with Gasteiger partial charge in [-0.2, -0.15) is 0 Å². The SMILES string of the molecule is CC/C=C\C/C=C\C/C=C\C/C=C\C/C=C\C/C=C\C/C=C\C/C=C\C/C=C\C/C=C\C/C=C\CCCCCCCCCC(=O)OC(COC(=O)CCCC/C=C\C/C=C\C/C=C\C/C=C\CC)COP(=O)(O)OCC[N+](C)(C)C. The van der Waals surface area contributed by atoms with E-state index in [1.54, 1.807) is 0 Å². The lowest BCUT2D eigenvalue weighted by atomic mass is 10.1. The lowest BCUT2D eigenvalue weighted by Gasteiger charge is -2.24. The molecule has 0 aromatic carbocycles. The summed E-state index contributed by atoms with van der Waals surface area (Å²) in [6, 6.07) is 0. The number of esters is 2. The van der Waals surface area contributed by atoms with Gasteiger partial charge in [0.05, 0.1) is 27.7 Å². The Morgan fingerprint density at radius 3 is 1.02 bits per heavy atom. The molecule has 0 radical (unpaired) electrons. The zero-order chi connectivity index (χ0) is 58.4. The number of phosphoric ester groups is 1. The molecule has 0 aliphatic heterocycles. The molecule has 80 heavy (non-hydrogen) atoms. The van der Waals surface area contributed by atoms with Crippen molar-refractivity contribution >= 4 is 19.8 Å². The zero-order valence-electron chi connectivity index (χ0n) is 50.7. The van der Waals surface area contributed by atoms with Crippen LogP contribution in [0.25, 0.3) is 0 Å². The highest BCUT2D eigenvalue weighted by Crippen LogP contribution is 2.43. The first-order valence-corrected chi connectivity index (χ1v) is 32.0. The number of hydrogen-bond acceptors (Lipinski definition) is 7. The maximum absolute atomic E-state index is 12.8. The average Bonchev–Trinajstić information content (AvgIpc) is 3.42. The van der Waals surface area contributed by atoms with E-state index in [1.807, 2.05) is 21.1 Å². The molecule has 1 N–H and O–H groups in total. The van der Waals surface area contributed by atoms with E-state index in [4.69, 9.17) is 18.5 Å². The Hall–Kier alpha value is -4.89. The molecule has 0 rings (SSSR count). The van der Waals surface area contributed by atoms with Crippen LogP contribution in [0.2, 0.25) is 0 Å². The van der Waals surface area contributed by atoms with E-state index in [0.29, 0.717) is 23.9 Å². The van der Waals surface area contributed by atoms with Crippen molar-refractivity contribution in [3.8, 4) is 0 Å². The molecular formula is C70H111NO8P+. The van der Waals surface area contributed by atoms with Crippen molar-refractivity contribution in [3.63, 3.8) is 0 Å². The van der Waals surface area contributed by atoms with Gasteiger partial charge in [-0.15, -0.1) is 0 Å². The predicted octanol–water partition coefficient (Wildman–Crippen LogP) is 19.6. The van der Waals surface area contributed by atoms with Crippen molar-refractivity contribution < 1.29 is 42.1 Å². The Labute approximate surface area is 489 Å². The number of rotatable bonds is 53. The number of phosphoric acid groups is 1. The Morgan fingerprint density at radius 1 is 0.388 bits per heavy atom. The van der Waals surface area contributed by atoms with Crippen molar-refractivity contribution in [2.45, 2.75) is 200 Å². The van der Waals surface area contributed by atoms with Gasteiger partial charge in [0, 0.05) is 12.8 Å². The van der Waals surface area contributed by atoms with E-state index in [2.05, 4.69) is 196 Å². The second kappa shape index (κ2) is 58.8. The highest BCUT2D eigenvalue weighted by molar-refractivity contribution is 7.47. The number of likely N-dealkylation sites (N-methyl/N-ethyl adjacent to an activating group) is 1. The first-order valence-electron chi connectivity index (χ1n) is 30.5. The summed E-state index contributed by atoms with van der Waals surface area (Å²) in [7, 11) is 1.42. The molecule has 0 heterocycles. The van der Waals surface area contributed by atoms with Crippen LogP contribution < -0.4 is 0 Å². The molecule has 2 unspecified atom stereocenters. The van der Waals surface area contributed by atoms with E-state index in [9.17, 15) is 19.0 Å². The van der Waals surface area contributed by atoms with Crippen LogP contribution in [0.5, 0.6) is 0 Å². The van der Waals surface area contributed by atoms with Crippen LogP contribution in [0.3, 0.4) is 0 Å². The highest BCUT2D eigenvalue weighted by atomic mass is 31.2. The molecule has 0 aromatic rings. The fourth-order valence-electron chi connectivity index (χ4n) is 7.30. The number of carbonyl (C=O) groups is 2. The molecular weight excluding hydrogens is 1010 g/mol. The zero-order valence-corrected chi connectivity index (χ0v) is 51.6. The quantitative estimate of drug-likeness (QED) is 0.0211. The Balaban J connectivity index is 4.18. The van der Waals surface area contributed by atoms with E-state index in [-0.39, 0.29) is 26.1 Å². The van der Waals surface area contributed by atoms with Crippen molar-refractivity contribution in [1.82, 2.24) is 0 Å². The van der Waals surface area contributed by atoms with Gasteiger partial charge in [0.15, 0.2) is 6.10 Å². The molecule has 0 aliphatic carbocycles. The summed E-state index contributed by atoms with van der Waals surface area (Å²) < 4.78 is 34.4.